The molecule has 0 aliphatic heterocycles. The van der Waals surface area contributed by atoms with Gasteiger partial charge in [0.25, 0.3) is 0 Å². The number of aryl methyl sites for hydroxylation is 2. The van der Waals surface area contributed by atoms with Gasteiger partial charge in [-0.05, 0) is 31.0 Å². The molecule has 0 fully saturated rings. The van der Waals surface area contributed by atoms with E-state index in [2.05, 4.69) is 4.98 Å². The molecular formula is C14H13F3N2O. The van der Waals surface area contributed by atoms with Crippen LogP contribution in [-0.2, 0) is 6.18 Å². The minimum absolute atomic E-state index is 0.0874. The number of anilines is 1. The summed E-state index contributed by atoms with van der Waals surface area (Å²) in [5, 5.41) is 0. The monoisotopic (exact) mass is 282 g/mol. The normalized spacial score (nSPS) is 11.4. The van der Waals surface area contributed by atoms with Gasteiger partial charge in [-0.3, -0.25) is 0 Å². The van der Waals surface area contributed by atoms with Crippen molar-refractivity contribution in [2.24, 2.45) is 0 Å². The van der Waals surface area contributed by atoms with Crippen LogP contribution in [0.1, 0.15) is 16.7 Å². The number of hydrogen-bond acceptors (Lipinski definition) is 3. The molecule has 20 heavy (non-hydrogen) atoms. The lowest BCUT2D eigenvalue weighted by atomic mass is 10.1. The minimum Gasteiger partial charge on any atom is -0.439 e. The molecule has 0 unspecified atom stereocenters. The summed E-state index contributed by atoms with van der Waals surface area (Å²) in [7, 11) is 0. The molecule has 2 N–H and O–H groups in total. The minimum atomic E-state index is -4.41. The number of pyridine rings is 1. The van der Waals surface area contributed by atoms with Crippen molar-refractivity contribution in [3.63, 3.8) is 0 Å². The maximum Gasteiger partial charge on any atom is 0.417 e. The molecule has 6 heteroatoms. The van der Waals surface area contributed by atoms with Crippen LogP contribution in [0.15, 0.2) is 30.5 Å². The fourth-order valence-electron chi connectivity index (χ4n) is 1.68. The summed E-state index contributed by atoms with van der Waals surface area (Å²) in [5.41, 5.74) is 7.26. The van der Waals surface area contributed by atoms with Gasteiger partial charge in [0.15, 0.2) is 0 Å². The van der Waals surface area contributed by atoms with Gasteiger partial charge in [0, 0.05) is 24.0 Å². The summed E-state index contributed by atoms with van der Waals surface area (Å²) >= 11 is 0. The average molecular weight is 282 g/mol. The molecule has 0 radical (unpaired) electrons. The molecule has 0 aliphatic rings. The Bertz CT molecular complexity index is 622. The summed E-state index contributed by atoms with van der Waals surface area (Å²) < 4.78 is 42.7. The summed E-state index contributed by atoms with van der Waals surface area (Å²) in [6, 6.07) is 5.58. The highest BCUT2D eigenvalue weighted by Crippen LogP contribution is 2.31. The number of nitrogens with zero attached hydrogens (tertiary/aromatic N) is 1. The van der Waals surface area contributed by atoms with Crippen LogP contribution in [0.3, 0.4) is 0 Å². The molecule has 0 amide bonds. The molecule has 1 heterocycles. The second kappa shape index (κ2) is 5.03. The Morgan fingerprint density at radius 2 is 1.80 bits per heavy atom. The first kappa shape index (κ1) is 14.2. The first-order chi connectivity index (χ1) is 9.27. The molecule has 0 saturated heterocycles. The quantitative estimate of drug-likeness (QED) is 0.844. The van der Waals surface area contributed by atoms with Crippen LogP contribution in [0, 0.1) is 13.8 Å². The lowest BCUT2D eigenvalue weighted by Gasteiger charge is -2.11. The SMILES string of the molecule is Cc1cc(C)c(Oc2ccc(C(F)(F)F)cn2)cc1N. The van der Waals surface area contributed by atoms with Crippen molar-refractivity contribution in [1.82, 2.24) is 4.98 Å². The van der Waals surface area contributed by atoms with E-state index in [9.17, 15) is 13.2 Å². The van der Waals surface area contributed by atoms with Gasteiger partial charge < -0.3 is 10.5 Å². The van der Waals surface area contributed by atoms with Gasteiger partial charge in [-0.15, -0.1) is 0 Å². The highest BCUT2D eigenvalue weighted by Gasteiger charge is 2.30. The van der Waals surface area contributed by atoms with E-state index in [0.717, 1.165) is 23.4 Å². The molecule has 106 valence electrons. The van der Waals surface area contributed by atoms with Crippen LogP contribution in [0.25, 0.3) is 0 Å². The van der Waals surface area contributed by atoms with Crippen molar-refractivity contribution in [3.05, 3.63) is 47.2 Å². The van der Waals surface area contributed by atoms with Crippen LogP contribution in [-0.4, -0.2) is 4.98 Å². The van der Waals surface area contributed by atoms with Crippen molar-refractivity contribution in [2.45, 2.75) is 20.0 Å². The lowest BCUT2D eigenvalue weighted by molar-refractivity contribution is -0.137. The Balaban J connectivity index is 2.25. The third-order valence-electron chi connectivity index (χ3n) is 2.84. The number of aromatic nitrogens is 1. The molecule has 0 bridgehead atoms. The predicted molar refractivity (Wildman–Crippen MR) is 69.6 cm³/mol. The number of nitrogen functional groups attached to an aromatic ring is 1. The molecule has 1 aromatic carbocycles. The molecule has 2 rings (SSSR count). The van der Waals surface area contributed by atoms with Crippen LogP contribution in [0.5, 0.6) is 11.6 Å². The van der Waals surface area contributed by atoms with E-state index in [4.69, 9.17) is 10.5 Å². The number of halogens is 3. The Kier molecular flexibility index (Phi) is 3.57. The number of ether oxygens (including phenoxy) is 1. The van der Waals surface area contributed by atoms with Crippen LogP contribution in [0.4, 0.5) is 18.9 Å². The van der Waals surface area contributed by atoms with Crippen molar-refractivity contribution >= 4 is 5.69 Å². The highest BCUT2D eigenvalue weighted by atomic mass is 19.4. The van der Waals surface area contributed by atoms with E-state index >= 15 is 0 Å². The van der Waals surface area contributed by atoms with Gasteiger partial charge in [0.1, 0.15) is 5.75 Å². The van der Waals surface area contributed by atoms with Gasteiger partial charge >= 0.3 is 6.18 Å². The van der Waals surface area contributed by atoms with Gasteiger partial charge in [-0.1, -0.05) is 6.07 Å². The fraction of sp³-hybridized carbons (Fsp3) is 0.214. The molecule has 0 saturated carbocycles. The van der Waals surface area contributed by atoms with Gasteiger partial charge in [-0.25, -0.2) is 4.98 Å². The first-order valence-electron chi connectivity index (χ1n) is 5.85. The molecule has 2 aromatic rings. The Hall–Kier alpha value is -2.24. The van der Waals surface area contributed by atoms with Crippen molar-refractivity contribution in [2.75, 3.05) is 5.73 Å². The molecule has 1 aromatic heterocycles. The Morgan fingerprint density at radius 3 is 2.35 bits per heavy atom. The number of hydrogen-bond donors (Lipinski definition) is 1. The molecule has 0 spiro atoms. The predicted octanol–water partition coefficient (Wildman–Crippen LogP) is 4.09. The van der Waals surface area contributed by atoms with Crippen molar-refractivity contribution in [1.29, 1.82) is 0 Å². The van der Waals surface area contributed by atoms with Gasteiger partial charge in [0.2, 0.25) is 5.88 Å². The number of nitrogens with two attached hydrogens (primary N) is 1. The van der Waals surface area contributed by atoms with E-state index in [1.165, 1.54) is 6.07 Å². The third kappa shape index (κ3) is 3.01. The van der Waals surface area contributed by atoms with E-state index < -0.39 is 11.7 Å². The number of alkyl halides is 3. The topological polar surface area (TPSA) is 48.1 Å². The zero-order valence-corrected chi connectivity index (χ0v) is 11.0. The Labute approximate surface area is 114 Å². The van der Waals surface area contributed by atoms with E-state index in [1.54, 1.807) is 6.07 Å². The van der Waals surface area contributed by atoms with E-state index in [-0.39, 0.29) is 5.88 Å². The molecule has 3 nitrogen and oxygen atoms in total. The summed E-state index contributed by atoms with van der Waals surface area (Å²) in [4.78, 5) is 3.65. The third-order valence-corrected chi connectivity index (χ3v) is 2.84. The number of benzene rings is 1. The van der Waals surface area contributed by atoms with E-state index in [0.29, 0.717) is 11.4 Å². The van der Waals surface area contributed by atoms with E-state index in [1.807, 2.05) is 19.9 Å². The van der Waals surface area contributed by atoms with Crippen LogP contribution < -0.4 is 10.5 Å². The highest BCUT2D eigenvalue weighted by molar-refractivity contribution is 5.54. The molecule has 0 aliphatic carbocycles. The van der Waals surface area contributed by atoms with Gasteiger partial charge in [-0.2, -0.15) is 13.2 Å². The van der Waals surface area contributed by atoms with Crippen molar-refractivity contribution in [3.8, 4) is 11.6 Å². The largest absolute Gasteiger partial charge is 0.439 e. The lowest BCUT2D eigenvalue weighted by Crippen LogP contribution is -2.05. The fourth-order valence-corrected chi connectivity index (χ4v) is 1.68. The summed E-state index contributed by atoms with van der Waals surface area (Å²) in [5.74, 6) is 0.560. The van der Waals surface area contributed by atoms with Crippen molar-refractivity contribution < 1.29 is 17.9 Å². The maximum absolute atomic E-state index is 12.4. The zero-order chi connectivity index (χ0) is 14.9. The smallest absolute Gasteiger partial charge is 0.417 e. The average Bonchev–Trinajstić information content (AvgIpc) is 2.35. The second-order valence-electron chi connectivity index (χ2n) is 4.46. The van der Waals surface area contributed by atoms with Crippen LogP contribution >= 0.6 is 0 Å². The van der Waals surface area contributed by atoms with Gasteiger partial charge in [0.05, 0.1) is 5.56 Å². The molecular weight excluding hydrogens is 269 g/mol. The first-order valence-corrected chi connectivity index (χ1v) is 5.85. The Morgan fingerprint density at radius 1 is 1.10 bits per heavy atom. The zero-order valence-electron chi connectivity index (χ0n) is 11.0. The van der Waals surface area contributed by atoms with Crippen LogP contribution in [0.2, 0.25) is 0 Å². The summed E-state index contributed by atoms with van der Waals surface area (Å²) in [6.45, 7) is 3.69. The second-order valence-corrected chi connectivity index (χ2v) is 4.46. The number of rotatable bonds is 2. The molecule has 0 atom stereocenters. The summed E-state index contributed by atoms with van der Waals surface area (Å²) in [6.07, 6.45) is -3.67. The maximum atomic E-state index is 12.4. The standard InChI is InChI=1S/C14H13F3N2O/c1-8-5-9(2)12(6-11(8)18)20-13-4-3-10(7-19-13)14(15,16)17/h3-7H,18H2,1-2H3.